The van der Waals surface area contributed by atoms with Crippen molar-refractivity contribution < 1.29 is 18.7 Å². The predicted octanol–water partition coefficient (Wildman–Crippen LogP) is 4.35. The van der Waals surface area contributed by atoms with Gasteiger partial charge < -0.3 is 18.9 Å². The minimum atomic E-state index is -0.490. The van der Waals surface area contributed by atoms with Gasteiger partial charge in [0, 0.05) is 46.6 Å². The van der Waals surface area contributed by atoms with Gasteiger partial charge in [0.25, 0.3) is 0 Å². The average Bonchev–Trinajstić information content (AvgIpc) is 3.14. The lowest BCUT2D eigenvalue weighted by atomic mass is 10.1. The lowest BCUT2D eigenvalue weighted by Crippen LogP contribution is -2.08. The fraction of sp³-hybridized carbons (Fsp3) is 0.217. The Bertz CT molecular complexity index is 1220. The van der Waals surface area contributed by atoms with Gasteiger partial charge in [-0.3, -0.25) is 4.79 Å². The lowest BCUT2D eigenvalue weighted by molar-refractivity contribution is -0.145. The van der Waals surface area contributed by atoms with E-state index in [9.17, 15) is 9.59 Å². The number of ether oxygens (including phenoxy) is 2. The molecule has 0 unspecified atom stereocenters. The third-order valence-electron chi connectivity index (χ3n) is 4.93. The molecule has 4 rings (SSSR count). The molecule has 2 aromatic carbocycles. The van der Waals surface area contributed by atoms with Crippen LogP contribution in [0.3, 0.4) is 0 Å². The molecule has 0 aliphatic carbocycles. The molecular weight excluding hydrogens is 370 g/mol. The van der Waals surface area contributed by atoms with Gasteiger partial charge in [0.1, 0.15) is 17.9 Å². The van der Waals surface area contributed by atoms with Crippen LogP contribution in [0.25, 0.3) is 21.9 Å². The third-order valence-corrected chi connectivity index (χ3v) is 4.93. The molecule has 29 heavy (non-hydrogen) atoms. The number of fused-ring (bicyclic) bond motifs is 2. The van der Waals surface area contributed by atoms with E-state index in [0.29, 0.717) is 29.7 Å². The van der Waals surface area contributed by atoms with Crippen LogP contribution in [0.4, 0.5) is 0 Å². The number of hydrogen-bond acceptors (Lipinski definition) is 5. The topological polar surface area (TPSA) is 81.5 Å². The number of carbonyl (C=O) groups is 1. The summed E-state index contributed by atoms with van der Waals surface area (Å²) in [6.45, 7) is 0.0281. The maximum absolute atomic E-state index is 12.2. The molecule has 0 aliphatic rings. The summed E-state index contributed by atoms with van der Waals surface area (Å²) < 4.78 is 15.8. The van der Waals surface area contributed by atoms with Crippen LogP contribution in [0.15, 0.2) is 63.9 Å². The Hall–Kier alpha value is -3.54. The zero-order valence-electron chi connectivity index (χ0n) is 16.1. The van der Waals surface area contributed by atoms with Crippen molar-refractivity contribution in [3.05, 3.63) is 76.3 Å². The number of nitrogens with one attached hydrogen (secondary N) is 1. The van der Waals surface area contributed by atoms with Crippen LogP contribution in [0.1, 0.15) is 24.0 Å². The van der Waals surface area contributed by atoms with E-state index in [1.165, 1.54) is 17.0 Å². The number of methoxy groups -OCH3 is 1. The summed E-state index contributed by atoms with van der Waals surface area (Å²) in [6.07, 6.45) is 3.78. The highest BCUT2D eigenvalue weighted by Crippen LogP contribution is 2.23. The van der Waals surface area contributed by atoms with E-state index in [-0.39, 0.29) is 12.6 Å². The van der Waals surface area contributed by atoms with Gasteiger partial charge in [-0.05, 0) is 36.6 Å². The number of aromatic nitrogens is 1. The number of aromatic amines is 1. The number of aryl methyl sites for hydroxylation is 1. The number of esters is 1. The largest absolute Gasteiger partial charge is 0.497 e. The molecule has 0 aliphatic heterocycles. The number of para-hydroxylation sites is 1. The molecule has 0 atom stereocenters. The van der Waals surface area contributed by atoms with Crippen molar-refractivity contribution in [2.45, 2.75) is 25.9 Å². The first-order valence-electron chi connectivity index (χ1n) is 9.45. The van der Waals surface area contributed by atoms with Gasteiger partial charge in [0.2, 0.25) is 0 Å². The Kier molecular flexibility index (Phi) is 5.33. The maximum atomic E-state index is 12.2. The van der Waals surface area contributed by atoms with Gasteiger partial charge in [-0.2, -0.15) is 0 Å². The van der Waals surface area contributed by atoms with Crippen LogP contribution in [0, 0.1) is 0 Å². The van der Waals surface area contributed by atoms with Crippen molar-refractivity contribution >= 4 is 27.8 Å². The van der Waals surface area contributed by atoms with E-state index in [2.05, 4.69) is 11.1 Å². The fourth-order valence-electron chi connectivity index (χ4n) is 3.45. The maximum Gasteiger partial charge on any atom is 0.336 e. The molecule has 0 saturated carbocycles. The minimum absolute atomic E-state index is 0.0281. The van der Waals surface area contributed by atoms with Gasteiger partial charge >= 0.3 is 11.6 Å². The number of H-pyrrole nitrogens is 1. The molecule has 4 aromatic rings. The number of rotatable bonds is 7. The average molecular weight is 391 g/mol. The van der Waals surface area contributed by atoms with E-state index in [0.717, 1.165) is 17.3 Å². The van der Waals surface area contributed by atoms with Gasteiger partial charge in [0.05, 0.1) is 7.11 Å². The zero-order valence-corrected chi connectivity index (χ0v) is 16.1. The molecular formula is C23H21NO5. The zero-order chi connectivity index (χ0) is 20.2. The molecule has 0 amide bonds. The Morgan fingerprint density at radius 3 is 2.79 bits per heavy atom. The molecule has 6 nitrogen and oxygen atoms in total. The van der Waals surface area contributed by atoms with Gasteiger partial charge in [-0.25, -0.2) is 4.79 Å². The minimum Gasteiger partial charge on any atom is -0.497 e. The van der Waals surface area contributed by atoms with Crippen LogP contribution >= 0.6 is 0 Å². The summed E-state index contributed by atoms with van der Waals surface area (Å²) in [4.78, 5) is 27.2. The molecule has 1 N–H and O–H groups in total. The van der Waals surface area contributed by atoms with E-state index in [4.69, 9.17) is 13.9 Å². The molecule has 2 heterocycles. The summed E-state index contributed by atoms with van der Waals surface area (Å²) in [7, 11) is 1.54. The van der Waals surface area contributed by atoms with Crippen LogP contribution in [0.5, 0.6) is 5.75 Å². The first-order valence-corrected chi connectivity index (χ1v) is 9.45. The second-order valence-electron chi connectivity index (χ2n) is 6.83. The van der Waals surface area contributed by atoms with Gasteiger partial charge in [-0.15, -0.1) is 0 Å². The van der Waals surface area contributed by atoms with E-state index in [1.54, 1.807) is 25.3 Å². The smallest absolute Gasteiger partial charge is 0.336 e. The third kappa shape index (κ3) is 4.16. The highest BCUT2D eigenvalue weighted by atomic mass is 16.5. The molecule has 0 bridgehead atoms. The van der Waals surface area contributed by atoms with Gasteiger partial charge in [-0.1, -0.05) is 18.2 Å². The standard InChI is InChI=1S/C23H21NO5/c1-27-17-9-10-19-16(11-23(26)29-21(19)12-17)14-28-22(25)8-4-5-15-13-24-20-7-3-2-6-18(15)20/h2-3,6-7,9-13,24H,4-5,8,14H2,1H3. The molecule has 0 saturated heterocycles. The Labute approximate surface area is 167 Å². The van der Waals surface area contributed by atoms with Crippen molar-refractivity contribution in [1.29, 1.82) is 0 Å². The van der Waals surface area contributed by atoms with E-state index < -0.39 is 5.63 Å². The van der Waals surface area contributed by atoms with Crippen molar-refractivity contribution in [2.24, 2.45) is 0 Å². The molecule has 2 aromatic heterocycles. The SMILES string of the molecule is COc1ccc2c(COC(=O)CCCc3c[nH]c4ccccc34)cc(=O)oc2c1. The van der Waals surface area contributed by atoms with Crippen molar-refractivity contribution in [3.8, 4) is 5.75 Å². The van der Waals surface area contributed by atoms with Crippen molar-refractivity contribution in [1.82, 2.24) is 4.98 Å². The van der Waals surface area contributed by atoms with Gasteiger partial charge in [0.15, 0.2) is 0 Å². The summed E-state index contributed by atoms with van der Waals surface area (Å²) in [6, 6.07) is 14.7. The summed E-state index contributed by atoms with van der Waals surface area (Å²) in [5.74, 6) is 0.298. The summed E-state index contributed by atoms with van der Waals surface area (Å²) >= 11 is 0. The normalized spacial score (nSPS) is 11.1. The second kappa shape index (κ2) is 8.22. The Morgan fingerprint density at radius 1 is 1.07 bits per heavy atom. The number of carbonyl (C=O) groups excluding carboxylic acids is 1. The highest BCUT2D eigenvalue weighted by molar-refractivity contribution is 5.83. The van der Waals surface area contributed by atoms with Crippen molar-refractivity contribution in [3.63, 3.8) is 0 Å². The Balaban J connectivity index is 1.36. The molecule has 0 fully saturated rings. The number of hydrogen-bond donors (Lipinski definition) is 1. The summed E-state index contributed by atoms with van der Waals surface area (Å²) in [5.41, 5.74) is 2.81. The first-order chi connectivity index (χ1) is 14.1. The second-order valence-corrected chi connectivity index (χ2v) is 6.83. The monoisotopic (exact) mass is 391 g/mol. The quantitative estimate of drug-likeness (QED) is 0.374. The van der Waals surface area contributed by atoms with Crippen LogP contribution in [0.2, 0.25) is 0 Å². The summed E-state index contributed by atoms with van der Waals surface area (Å²) in [5, 5.41) is 1.90. The van der Waals surface area contributed by atoms with Crippen molar-refractivity contribution in [2.75, 3.05) is 7.11 Å². The first kappa shape index (κ1) is 18.8. The van der Waals surface area contributed by atoms with Crippen LogP contribution < -0.4 is 10.4 Å². The molecule has 0 spiro atoms. The molecule has 6 heteroatoms. The van der Waals surface area contributed by atoms with Crippen LogP contribution in [-0.2, 0) is 22.6 Å². The molecule has 0 radical (unpaired) electrons. The fourth-order valence-corrected chi connectivity index (χ4v) is 3.45. The van der Waals surface area contributed by atoms with Crippen LogP contribution in [-0.4, -0.2) is 18.1 Å². The van der Waals surface area contributed by atoms with E-state index >= 15 is 0 Å². The predicted molar refractivity (Wildman–Crippen MR) is 110 cm³/mol. The van der Waals surface area contributed by atoms with E-state index in [1.807, 2.05) is 24.4 Å². The highest BCUT2D eigenvalue weighted by Gasteiger charge is 2.11. The number of benzene rings is 2. The lowest BCUT2D eigenvalue weighted by Gasteiger charge is -2.08. The molecule has 148 valence electrons. The Morgan fingerprint density at radius 2 is 1.93 bits per heavy atom.